The lowest BCUT2D eigenvalue weighted by Gasteiger charge is -2.36. The van der Waals surface area contributed by atoms with Crippen molar-refractivity contribution in [3.8, 4) is 5.75 Å². The van der Waals surface area contributed by atoms with Gasteiger partial charge in [0.2, 0.25) is 15.9 Å². The Morgan fingerprint density at radius 2 is 1.73 bits per heavy atom. The third kappa shape index (κ3) is 4.73. The number of amides is 1. The van der Waals surface area contributed by atoms with Gasteiger partial charge in [0.05, 0.1) is 18.6 Å². The minimum atomic E-state index is -3.79. The first-order valence-corrected chi connectivity index (χ1v) is 11.1. The second kappa shape index (κ2) is 9.01. The third-order valence-electron chi connectivity index (χ3n) is 5.26. The fraction of sp³-hybridized carbons (Fsp3) is 0.381. The highest BCUT2D eigenvalue weighted by Gasteiger charge is 2.27. The molecule has 0 N–H and O–H groups in total. The maximum absolute atomic E-state index is 13.1. The molecule has 1 aliphatic rings. The number of hydrogen-bond acceptors (Lipinski definition) is 5. The van der Waals surface area contributed by atoms with Gasteiger partial charge in [-0.15, -0.1) is 0 Å². The third-order valence-corrected chi connectivity index (χ3v) is 7.06. The number of benzene rings is 2. The number of halogens is 1. The summed E-state index contributed by atoms with van der Waals surface area (Å²) < 4.78 is 45.0. The van der Waals surface area contributed by atoms with Gasteiger partial charge in [0.1, 0.15) is 11.6 Å². The van der Waals surface area contributed by atoms with Gasteiger partial charge in [0.15, 0.2) is 0 Å². The molecule has 2 aromatic rings. The van der Waals surface area contributed by atoms with Crippen LogP contribution in [-0.2, 0) is 14.8 Å². The van der Waals surface area contributed by atoms with Crippen molar-refractivity contribution in [1.82, 2.24) is 9.21 Å². The average Bonchev–Trinajstić information content (AvgIpc) is 2.74. The van der Waals surface area contributed by atoms with Gasteiger partial charge in [-0.25, -0.2) is 12.8 Å². The highest BCUT2D eigenvalue weighted by Crippen LogP contribution is 2.23. The van der Waals surface area contributed by atoms with Crippen LogP contribution < -0.4 is 9.64 Å². The zero-order valence-corrected chi connectivity index (χ0v) is 18.2. The number of likely N-dealkylation sites (N-methyl/N-ethyl adjacent to an activating group) is 1. The van der Waals surface area contributed by atoms with Crippen LogP contribution in [0.15, 0.2) is 47.4 Å². The summed E-state index contributed by atoms with van der Waals surface area (Å²) in [5.41, 5.74) is 1.60. The average molecular weight is 436 g/mol. The summed E-state index contributed by atoms with van der Waals surface area (Å²) in [4.78, 5) is 16.5. The molecule has 0 aliphatic carbocycles. The van der Waals surface area contributed by atoms with E-state index in [2.05, 4.69) is 4.90 Å². The second-order valence-corrected chi connectivity index (χ2v) is 9.28. The Morgan fingerprint density at radius 3 is 2.30 bits per heavy atom. The van der Waals surface area contributed by atoms with Crippen LogP contribution in [0.5, 0.6) is 5.75 Å². The van der Waals surface area contributed by atoms with Crippen LogP contribution in [0.4, 0.5) is 10.1 Å². The molecule has 1 heterocycles. The number of sulfonamides is 1. The second-order valence-electron chi connectivity index (χ2n) is 7.24. The maximum Gasteiger partial charge on any atom is 0.243 e. The van der Waals surface area contributed by atoms with Crippen molar-refractivity contribution in [3.63, 3.8) is 0 Å². The summed E-state index contributed by atoms with van der Waals surface area (Å²) in [7, 11) is -0.864. The molecule has 162 valence electrons. The molecule has 7 nitrogen and oxygen atoms in total. The summed E-state index contributed by atoms with van der Waals surface area (Å²) in [5.74, 6) is 0.0700. The first-order chi connectivity index (χ1) is 14.2. The Labute approximate surface area is 176 Å². The van der Waals surface area contributed by atoms with Crippen LogP contribution in [0.25, 0.3) is 0 Å². The molecule has 0 unspecified atom stereocenters. The molecule has 1 saturated heterocycles. The number of rotatable bonds is 6. The van der Waals surface area contributed by atoms with Crippen molar-refractivity contribution in [2.24, 2.45) is 0 Å². The number of piperazine rings is 1. The molecule has 1 aliphatic heterocycles. The number of hydrogen-bond donors (Lipinski definition) is 0. The summed E-state index contributed by atoms with van der Waals surface area (Å²) >= 11 is 0. The topological polar surface area (TPSA) is 70.2 Å². The van der Waals surface area contributed by atoms with Crippen LogP contribution in [0.2, 0.25) is 0 Å². The lowest BCUT2D eigenvalue weighted by Crippen LogP contribution is -2.51. The Kier molecular flexibility index (Phi) is 6.62. The van der Waals surface area contributed by atoms with Crippen molar-refractivity contribution < 1.29 is 22.3 Å². The predicted molar refractivity (Wildman–Crippen MR) is 113 cm³/mol. The molecule has 1 amide bonds. The normalized spacial score (nSPS) is 14.8. The van der Waals surface area contributed by atoms with Crippen molar-refractivity contribution >= 4 is 21.6 Å². The van der Waals surface area contributed by atoms with Crippen molar-refractivity contribution in [2.75, 3.05) is 51.8 Å². The van der Waals surface area contributed by atoms with Gasteiger partial charge in [-0.3, -0.25) is 4.79 Å². The van der Waals surface area contributed by atoms with Gasteiger partial charge in [0.25, 0.3) is 0 Å². The summed E-state index contributed by atoms with van der Waals surface area (Å²) in [5, 5.41) is 0. The summed E-state index contributed by atoms with van der Waals surface area (Å²) in [6.07, 6.45) is 0. The fourth-order valence-electron chi connectivity index (χ4n) is 3.43. The van der Waals surface area contributed by atoms with E-state index in [1.54, 1.807) is 30.0 Å². The molecule has 2 aromatic carbocycles. The molecule has 0 spiro atoms. The van der Waals surface area contributed by atoms with Gasteiger partial charge in [0, 0.05) is 38.9 Å². The van der Waals surface area contributed by atoms with Crippen molar-refractivity contribution in [1.29, 1.82) is 0 Å². The van der Waals surface area contributed by atoms with Gasteiger partial charge < -0.3 is 14.5 Å². The Morgan fingerprint density at radius 1 is 1.10 bits per heavy atom. The van der Waals surface area contributed by atoms with Gasteiger partial charge in [-0.2, -0.15) is 4.31 Å². The molecule has 0 aromatic heterocycles. The van der Waals surface area contributed by atoms with Gasteiger partial charge in [-0.1, -0.05) is 0 Å². The first-order valence-electron chi connectivity index (χ1n) is 9.61. The standard InChI is InChI=1S/C21H26FN3O4S/c1-16-14-19(8-9-20(16)29-3)30(27,28)23(2)15-21(26)25-12-10-24(11-13-25)18-6-4-17(22)5-7-18/h4-9,14H,10-13,15H2,1-3H3. The van der Waals surface area contributed by atoms with E-state index >= 15 is 0 Å². The molecule has 30 heavy (non-hydrogen) atoms. The lowest BCUT2D eigenvalue weighted by atomic mass is 10.2. The molecule has 1 fully saturated rings. The Bertz CT molecular complexity index is 1000. The maximum atomic E-state index is 13.1. The fourth-order valence-corrected chi connectivity index (χ4v) is 4.64. The Hall–Kier alpha value is -2.65. The minimum absolute atomic E-state index is 0.122. The number of carbonyl (C=O) groups is 1. The quantitative estimate of drug-likeness (QED) is 0.695. The Balaban J connectivity index is 1.60. The van der Waals surface area contributed by atoms with Crippen molar-refractivity contribution in [3.05, 3.63) is 53.8 Å². The SMILES string of the molecule is COc1ccc(S(=O)(=O)N(C)CC(=O)N2CCN(c3ccc(F)cc3)CC2)cc1C. The summed E-state index contributed by atoms with van der Waals surface area (Å²) in [6.45, 7) is 3.70. The number of aryl methyl sites for hydroxylation is 1. The number of ether oxygens (including phenoxy) is 1. The van der Waals surface area contributed by atoms with E-state index < -0.39 is 10.0 Å². The van der Waals surface area contributed by atoms with Crippen LogP contribution in [0.1, 0.15) is 5.56 Å². The predicted octanol–water partition coefficient (Wildman–Crippen LogP) is 2.11. The molecule has 9 heteroatoms. The van der Waals surface area contributed by atoms with Crippen LogP contribution in [-0.4, -0.2) is 70.4 Å². The van der Waals surface area contributed by atoms with E-state index in [1.165, 1.54) is 38.4 Å². The number of carbonyl (C=O) groups excluding carboxylic acids is 1. The van der Waals surface area contributed by atoms with Crippen LogP contribution in [0, 0.1) is 12.7 Å². The van der Waals surface area contributed by atoms with E-state index in [4.69, 9.17) is 4.74 Å². The largest absolute Gasteiger partial charge is 0.496 e. The number of nitrogens with zero attached hydrogens (tertiary/aromatic N) is 3. The first kappa shape index (κ1) is 22.0. The molecule has 0 bridgehead atoms. The molecule has 0 radical (unpaired) electrons. The highest BCUT2D eigenvalue weighted by molar-refractivity contribution is 7.89. The van der Waals surface area contributed by atoms with E-state index in [1.807, 2.05) is 0 Å². The van der Waals surface area contributed by atoms with E-state index in [0.29, 0.717) is 37.5 Å². The zero-order valence-electron chi connectivity index (χ0n) is 17.3. The summed E-state index contributed by atoms with van der Waals surface area (Å²) in [6, 6.07) is 10.9. The molecule has 3 rings (SSSR count). The molecule has 0 atom stereocenters. The lowest BCUT2D eigenvalue weighted by molar-refractivity contribution is -0.131. The van der Waals surface area contributed by atoms with Gasteiger partial charge >= 0.3 is 0 Å². The van der Waals surface area contributed by atoms with Crippen molar-refractivity contribution in [2.45, 2.75) is 11.8 Å². The zero-order chi connectivity index (χ0) is 21.9. The van der Waals surface area contributed by atoms with E-state index in [-0.39, 0.29) is 23.2 Å². The molecular weight excluding hydrogens is 409 g/mol. The highest BCUT2D eigenvalue weighted by atomic mass is 32.2. The minimum Gasteiger partial charge on any atom is -0.496 e. The van der Waals surface area contributed by atoms with Crippen LogP contribution >= 0.6 is 0 Å². The van der Waals surface area contributed by atoms with E-state index in [0.717, 1.165) is 9.99 Å². The monoisotopic (exact) mass is 435 g/mol. The van der Waals surface area contributed by atoms with Crippen LogP contribution in [0.3, 0.4) is 0 Å². The molecular formula is C21H26FN3O4S. The number of anilines is 1. The van der Waals surface area contributed by atoms with E-state index in [9.17, 15) is 17.6 Å². The van der Waals surface area contributed by atoms with Gasteiger partial charge in [-0.05, 0) is 55.0 Å². The molecule has 0 saturated carbocycles. The number of methoxy groups -OCH3 is 1. The smallest absolute Gasteiger partial charge is 0.243 e.